The van der Waals surface area contributed by atoms with Crippen molar-refractivity contribution in [2.75, 3.05) is 0 Å². The number of carbonyl (C=O) groups is 1. The van der Waals surface area contributed by atoms with Crippen molar-refractivity contribution in [3.63, 3.8) is 0 Å². The van der Waals surface area contributed by atoms with Gasteiger partial charge in [-0.05, 0) is 18.8 Å². The van der Waals surface area contributed by atoms with E-state index in [1.54, 1.807) is 6.26 Å². The van der Waals surface area contributed by atoms with Crippen molar-refractivity contribution in [2.45, 2.75) is 26.9 Å². The van der Waals surface area contributed by atoms with Gasteiger partial charge in [-0.3, -0.25) is 4.79 Å². The third-order valence-electron chi connectivity index (χ3n) is 2.61. The summed E-state index contributed by atoms with van der Waals surface area (Å²) in [5, 5.41) is 0. The second kappa shape index (κ2) is 3.07. The van der Waals surface area contributed by atoms with E-state index in [4.69, 9.17) is 4.74 Å². The summed E-state index contributed by atoms with van der Waals surface area (Å²) >= 11 is 0. The van der Waals surface area contributed by atoms with Gasteiger partial charge in [-0.2, -0.15) is 0 Å². The van der Waals surface area contributed by atoms with E-state index in [-0.39, 0.29) is 6.10 Å². The van der Waals surface area contributed by atoms with Crippen LogP contribution >= 0.6 is 0 Å². The Hall–Kier alpha value is -0.790. The topological polar surface area (TPSA) is 26.3 Å². The Morgan fingerprint density at radius 2 is 2.09 bits per heavy atom. The minimum atomic E-state index is 0.230. The fraction of sp³-hybridized carbons (Fsp3) is 0.667. The third kappa shape index (κ3) is 1.44. The van der Waals surface area contributed by atoms with Crippen molar-refractivity contribution in [2.24, 2.45) is 11.8 Å². The van der Waals surface area contributed by atoms with Gasteiger partial charge in [0.1, 0.15) is 6.29 Å². The summed E-state index contributed by atoms with van der Waals surface area (Å²) in [6.07, 6.45) is 2.70. The fourth-order valence-corrected chi connectivity index (χ4v) is 1.26. The maximum atomic E-state index is 10.5. The molecule has 0 radical (unpaired) electrons. The van der Waals surface area contributed by atoms with Crippen molar-refractivity contribution in [3.05, 3.63) is 11.8 Å². The van der Waals surface area contributed by atoms with Crippen LogP contribution < -0.4 is 0 Å². The van der Waals surface area contributed by atoms with E-state index in [1.165, 1.54) is 0 Å². The summed E-state index contributed by atoms with van der Waals surface area (Å²) in [5.74, 6) is 0.761. The average molecular weight is 154 g/mol. The summed E-state index contributed by atoms with van der Waals surface area (Å²) in [6, 6.07) is 0. The second-order valence-corrected chi connectivity index (χ2v) is 3.22. The van der Waals surface area contributed by atoms with Gasteiger partial charge in [0.05, 0.1) is 12.4 Å². The molecule has 0 saturated heterocycles. The highest BCUT2D eigenvalue weighted by Gasteiger charge is 2.26. The van der Waals surface area contributed by atoms with E-state index in [9.17, 15) is 4.79 Å². The highest BCUT2D eigenvalue weighted by atomic mass is 16.5. The summed E-state index contributed by atoms with van der Waals surface area (Å²) in [4.78, 5) is 10.5. The monoisotopic (exact) mass is 154 g/mol. The van der Waals surface area contributed by atoms with Crippen LogP contribution in [-0.4, -0.2) is 12.4 Å². The van der Waals surface area contributed by atoms with Gasteiger partial charge in [0, 0.05) is 5.57 Å². The van der Waals surface area contributed by atoms with Crippen LogP contribution in [0.5, 0.6) is 0 Å². The molecule has 0 N–H and O–H groups in total. The smallest absolute Gasteiger partial charge is 0.149 e. The highest BCUT2D eigenvalue weighted by Crippen LogP contribution is 2.28. The van der Waals surface area contributed by atoms with Gasteiger partial charge in [-0.15, -0.1) is 0 Å². The second-order valence-electron chi connectivity index (χ2n) is 3.22. The quantitative estimate of drug-likeness (QED) is 0.538. The zero-order valence-corrected chi connectivity index (χ0v) is 7.20. The molecule has 0 aromatic rings. The Kier molecular flexibility index (Phi) is 2.32. The molecule has 0 aromatic heterocycles. The first kappa shape index (κ1) is 8.31. The summed E-state index contributed by atoms with van der Waals surface area (Å²) in [7, 11) is 0. The Morgan fingerprint density at radius 3 is 2.64 bits per heavy atom. The largest absolute Gasteiger partial charge is 0.498 e. The van der Waals surface area contributed by atoms with Gasteiger partial charge in [0.15, 0.2) is 0 Å². The predicted molar refractivity (Wildman–Crippen MR) is 43.0 cm³/mol. The number of ether oxygens (including phenoxy) is 1. The standard InChI is InChI=1S/C9H14O2/c1-6-7(2)9(4-10)5-11-8(6)3/h4-8H,1-3H3. The van der Waals surface area contributed by atoms with E-state index in [2.05, 4.69) is 13.8 Å². The number of carbonyl (C=O) groups excluding carboxylic acids is 1. The third-order valence-corrected chi connectivity index (χ3v) is 2.61. The molecular formula is C9H14O2. The average Bonchev–Trinajstić information content (AvgIpc) is 2.01. The molecule has 0 aromatic carbocycles. The fourth-order valence-electron chi connectivity index (χ4n) is 1.26. The minimum Gasteiger partial charge on any atom is -0.498 e. The van der Waals surface area contributed by atoms with Gasteiger partial charge in [0.2, 0.25) is 0 Å². The Balaban J connectivity index is 2.78. The first-order valence-corrected chi connectivity index (χ1v) is 3.97. The SMILES string of the molecule is CC1OC=C(C=O)C(C)C1C. The van der Waals surface area contributed by atoms with E-state index >= 15 is 0 Å². The summed E-state index contributed by atoms with van der Waals surface area (Å²) < 4.78 is 5.27. The van der Waals surface area contributed by atoms with E-state index in [0.717, 1.165) is 11.9 Å². The van der Waals surface area contributed by atoms with Crippen LogP contribution in [0, 0.1) is 11.8 Å². The highest BCUT2D eigenvalue weighted by molar-refractivity contribution is 5.73. The maximum absolute atomic E-state index is 10.5. The van der Waals surface area contributed by atoms with Crippen LogP contribution in [-0.2, 0) is 9.53 Å². The molecule has 1 aliphatic heterocycles. The molecule has 2 heteroatoms. The molecule has 0 bridgehead atoms. The lowest BCUT2D eigenvalue weighted by molar-refractivity contribution is -0.106. The normalized spacial score (nSPS) is 37.4. The molecule has 3 atom stereocenters. The van der Waals surface area contributed by atoms with Gasteiger partial charge in [0.25, 0.3) is 0 Å². The lowest BCUT2D eigenvalue weighted by Crippen LogP contribution is -2.28. The lowest BCUT2D eigenvalue weighted by atomic mass is 9.85. The molecule has 1 rings (SSSR count). The van der Waals surface area contributed by atoms with E-state index in [0.29, 0.717) is 11.8 Å². The van der Waals surface area contributed by atoms with E-state index in [1.807, 2.05) is 6.92 Å². The van der Waals surface area contributed by atoms with Gasteiger partial charge in [-0.25, -0.2) is 0 Å². The van der Waals surface area contributed by atoms with Crippen LogP contribution in [0.3, 0.4) is 0 Å². The molecule has 0 saturated carbocycles. The number of aldehydes is 1. The first-order valence-electron chi connectivity index (χ1n) is 3.97. The van der Waals surface area contributed by atoms with Crippen LogP contribution in [0.4, 0.5) is 0 Å². The Bertz CT molecular complexity index is 184. The van der Waals surface area contributed by atoms with Crippen LogP contribution in [0.2, 0.25) is 0 Å². The van der Waals surface area contributed by atoms with Crippen LogP contribution in [0.15, 0.2) is 11.8 Å². The maximum Gasteiger partial charge on any atom is 0.149 e. The molecule has 0 amide bonds. The molecular weight excluding hydrogens is 140 g/mol. The molecule has 1 heterocycles. The number of allylic oxidation sites excluding steroid dienone is 1. The molecule has 2 nitrogen and oxygen atoms in total. The number of hydrogen-bond acceptors (Lipinski definition) is 2. The van der Waals surface area contributed by atoms with Gasteiger partial charge < -0.3 is 4.74 Å². The first-order chi connectivity index (χ1) is 5.16. The summed E-state index contributed by atoms with van der Waals surface area (Å²) in [5.41, 5.74) is 0.774. The Morgan fingerprint density at radius 1 is 1.45 bits per heavy atom. The molecule has 0 spiro atoms. The molecule has 62 valence electrons. The van der Waals surface area contributed by atoms with Gasteiger partial charge in [-0.1, -0.05) is 13.8 Å². The van der Waals surface area contributed by atoms with Crippen molar-refractivity contribution >= 4 is 6.29 Å². The minimum absolute atomic E-state index is 0.230. The predicted octanol–water partition coefficient (Wildman–Crippen LogP) is 1.76. The zero-order valence-electron chi connectivity index (χ0n) is 7.20. The zero-order chi connectivity index (χ0) is 8.43. The molecule has 0 aliphatic carbocycles. The van der Waals surface area contributed by atoms with Crippen molar-refractivity contribution < 1.29 is 9.53 Å². The molecule has 3 unspecified atom stereocenters. The van der Waals surface area contributed by atoms with Crippen molar-refractivity contribution in [3.8, 4) is 0 Å². The van der Waals surface area contributed by atoms with Crippen molar-refractivity contribution in [1.29, 1.82) is 0 Å². The van der Waals surface area contributed by atoms with Crippen molar-refractivity contribution in [1.82, 2.24) is 0 Å². The molecule has 11 heavy (non-hydrogen) atoms. The Labute approximate surface area is 67.2 Å². The molecule has 1 aliphatic rings. The van der Waals surface area contributed by atoms with E-state index < -0.39 is 0 Å². The molecule has 0 fully saturated rings. The number of hydrogen-bond donors (Lipinski definition) is 0. The van der Waals surface area contributed by atoms with Gasteiger partial charge >= 0.3 is 0 Å². The van der Waals surface area contributed by atoms with Crippen LogP contribution in [0.1, 0.15) is 20.8 Å². The number of rotatable bonds is 1. The van der Waals surface area contributed by atoms with Crippen LogP contribution in [0.25, 0.3) is 0 Å². The summed E-state index contributed by atoms with van der Waals surface area (Å²) in [6.45, 7) is 6.19. The lowest BCUT2D eigenvalue weighted by Gasteiger charge is -2.30.